The monoisotopic (exact) mass is 498 g/mol. The van der Waals surface area contributed by atoms with Crippen molar-refractivity contribution in [3.8, 4) is 5.75 Å². The van der Waals surface area contributed by atoms with Gasteiger partial charge in [-0.1, -0.05) is 17.7 Å². The summed E-state index contributed by atoms with van der Waals surface area (Å²) in [6, 6.07) is 3.44. The van der Waals surface area contributed by atoms with Crippen molar-refractivity contribution >= 4 is 46.6 Å². The molecule has 1 aromatic carbocycles. The summed E-state index contributed by atoms with van der Waals surface area (Å²) < 4.78 is 3.45. The lowest BCUT2D eigenvalue weighted by Gasteiger charge is -2.49. The number of alkyl halides is 2. The Labute approximate surface area is 196 Å². The molecule has 3 heterocycles. The van der Waals surface area contributed by atoms with E-state index < -0.39 is 44.9 Å². The van der Waals surface area contributed by atoms with E-state index in [1.54, 1.807) is 6.08 Å². The number of carbonyl (C=O) groups excluding carboxylic acids is 2. The largest absolute Gasteiger partial charge is 0.508 e. The topological polar surface area (TPSA) is 107 Å². The number of phenolic OH excluding ortho intramolecular Hbond substituents is 1. The number of likely N-dealkylation sites (tertiary alicyclic amines) is 1. The summed E-state index contributed by atoms with van der Waals surface area (Å²) in [7, 11) is 2.64. The van der Waals surface area contributed by atoms with Gasteiger partial charge in [0.05, 0.1) is 12.6 Å². The van der Waals surface area contributed by atoms with Crippen LogP contribution in [-0.4, -0.2) is 52.5 Å². The van der Waals surface area contributed by atoms with E-state index in [1.807, 2.05) is 0 Å². The highest BCUT2D eigenvalue weighted by atomic mass is 35.5. The van der Waals surface area contributed by atoms with Crippen LogP contribution in [0.15, 0.2) is 39.4 Å². The highest BCUT2D eigenvalue weighted by Crippen LogP contribution is 2.64. The molecule has 4 atom stereocenters. The zero-order chi connectivity index (χ0) is 23.3. The second-order valence-corrected chi connectivity index (χ2v) is 9.97. The van der Waals surface area contributed by atoms with Crippen molar-refractivity contribution < 1.29 is 14.7 Å². The SMILES string of the molecule is CN1C(=O)[C@]2(Cl)C[C@@H]3C(=CCn4c(=O)n(C)c(=O)n43)[C@H](c3cc(Cl)ccc3O)[C@]2(Cl)C1=O. The Morgan fingerprint density at radius 1 is 1.06 bits per heavy atom. The molecule has 0 bridgehead atoms. The number of allylic oxidation sites excluding steroid dienone is 2. The van der Waals surface area contributed by atoms with Gasteiger partial charge in [0.2, 0.25) is 0 Å². The van der Waals surface area contributed by atoms with Crippen LogP contribution in [0.1, 0.15) is 23.9 Å². The van der Waals surface area contributed by atoms with Crippen LogP contribution in [-0.2, 0) is 23.2 Å². The van der Waals surface area contributed by atoms with E-state index in [4.69, 9.17) is 34.8 Å². The van der Waals surface area contributed by atoms with Gasteiger partial charge in [0, 0.05) is 37.0 Å². The van der Waals surface area contributed by atoms with Gasteiger partial charge >= 0.3 is 11.4 Å². The number of hydrogen-bond donors (Lipinski definition) is 1. The molecule has 32 heavy (non-hydrogen) atoms. The lowest BCUT2D eigenvalue weighted by atomic mass is 9.64. The molecule has 5 rings (SSSR count). The second kappa shape index (κ2) is 6.52. The highest BCUT2D eigenvalue weighted by molar-refractivity contribution is 6.53. The van der Waals surface area contributed by atoms with Crippen LogP contribution < -0.4 is 11.4 Å². The maximum Gasteiger partial charge on any atom is 0.347 e. The zero-order valence-corrected chi connectivity index (χ0v) is 19.1. The molecule has 2 amide bonds. The first kappa shape index (κ1) is 21.4. The van der Waals surface area contributed by atoms with Gasteiger partial charge in [-0.15, -0.1) is 23.2 Å². The van der Waals surface area contributed by atoms with E-state index in [9.17, 15) is 24.3 Å². The van der Waals surface area contributed by atoms with Gasteiger partial charge in [-0.05, 0) is 23.8 Å². The molecule has 0 unspecified atom stereocenters. The summed E-state index contributed by atoms with van der Waals surface area (Å²) in [4.78, 5) is 48.9. The van der Waals surface area contributed by atoms with Crippen molar-refractivity contribution in [2.45, 2.75) is 34.7 Å². The van der Waals surface area contributed by atoms with E-state index in [-0.39, 0.29) is 29.3 Å². The number of phenols is 1. The van der Waals surface area contributed by atoms with Gasteiger partial charge in [0.1, 0.15) is 5.75 Å². The molecule has 1 aliphatic carbocycles. The lowest BCUT2D eigenvalue weighted by molar-refractivity contribution is -0.137. The molecule has 0 radical (unpaired) electrons. The number of halogens is 3. The number of nitrogens with zero attached hydrogens (tertiary/aromatic N) is 4. The molecule has 2 aliphatic heterocycles. The normalized spacial score (nSPS) is 31.3. The number of hydrogen-bond acceptors (Lipinski definition) is 5. The fourth-order valence-corrected chi connectivity index (χ4v) is 6.39. The number of aromatic hydroxyl groups is 1. The van der Waals surface area contributed by atoms with E-state index in [0.29, 0.717) is 5.57 Å². The van der Waals surface area contributed by atoms with Crippen molar-refractivity contribution in [2.24, 2.45) is 7.05 Å². The van der Waals surface area contributed by atoms with Crippen LogP contribution in [0.5, 0.6) is 5.75 Å². The van der Waals surface area contributed by atoms with Gasteiger partial charge in [0.25, 0.3) is 11.8 Å². The first-order valence-corrected chi connectivity index (χ1v) is 10.9. The minimum absolute atomic E-state index is 0.0405. The van der Waals surface area contributed by atoms with Gasteiger partial charge in [0.15, 0.2) is 9.75 Å². The number of amides is 2. The fraction of sp³-hybridized carbons (Fsp3) is 0.400. The van der Waals surface area contributed by atoms with Gasteiger partial charge in [-0.3, -0.25) is 14.5 Å². The van der Waals surface area contributed by atoms with Crippen LogP contribution in [0.2, 0.25) is 5.02 Å². The summed E-state index contributed by atoms with van der Waals surface area (Å²) in [5, 5.41) is 11.0. The van der Waals surface area contributed by atoms with Crippen LogP contribution in [0.25, 0.3) is 0 Å². The Hall–Kier alpha value is -2.49. The molecule has 12 heteroatoms. The second-order valence-electron chi connectivity index (χ2n) is 8.29. The number of carbonyl (C=O) groups is 2. The quantitative estimate of drug-likeness (QED) is 0.362. The average Bonchev–Trinajstić information content (AvgIpc) is 3.05. The third-order valence-corrected chi connectivity index (χ3v) is 8.42. The number of fused-ring (bicyclic) bond motifs is 4. The minimum Gasteiger partial charge on any atom is -0.508 e. The lowest BCUT2D eigenvalue weighted by Crippen LogP contribution is -2.59. The summed E-state index contributed by atoms with van der Waals surface area (Å²) in [6.45, 7) is 0.0405. The van der Waals surface area contributed by atoms with Crippen molar-refractivity contribution in [1.29, 1.82) is 0 Å². The Balaban J connectivity index is 1.85. The Bertz CT molecular complexity index is 1370. The molecule has 1 aromatic heterocycles. The number of rotatable bonds is 1. The summed E-state index contributed by atoms with van der Waals surface area (Å²) in [6.07, 6.45) is 1.49. The molecule has 0 spiro atoms. The minimum atomic E-state index is -1.98. The molecule has 168 valence electrons. The average molecular weight is 500 g/mol. The summed E-state index contributed by atoms with van der Waals surface area (Å²) >= 11 is 20.1. The first-order valence-electron chi connectivity index (χ1n) is 9.72. The molecule has 2 aromatic rings. The summed E-state index contributed by atoms with van der Waals surface area (Å²) in [5.41, 5.74) is -0.417. The molecule has 3 aliphatic rings. The van der Waals surface area contributed by atoms with Gasteiger partial charge in [-0.25, -0.2) is 23.5 Å². The van der Waals surface area contributed by atoms with Gasteiger partial charge in [-0.2, -0.15) is 0 Å². The number of aromatic nitrogens is 3. The van der Waals surface area contributed by atoms with Crippen LogP contribution in [0, 0.1) is 0 Å². The molecule has 1 N–H and O–H groups in total. The zero-order valence-electron chi connectivity index (χ0n) is 16.9. The van der Waals surface area contributed by atoms with Crippen LogP contribution in [0.3, 0.4) is 0 Å². The van der Waals surface area contributed by atoms with Crippen molar-refractivity contribution in [2.75, 3.05) is 7.05 Å². The van der Waals surface area contributed by atoms with E-state index in [1.165, 1.54) is 41.7 Å². The Morgan fingerprint density at radius 2 is 1.75 bits per heavy atom. The standard InChI is InChI=1S/C20H17Cl3N4O5/c1-24-15(29)19(22)8-12-10(5-6-26-17(31)25(2)18(32)27(12)26)14(20(19,23)16(24)30)11-7-9(21)3-4-13(11)28/h3-5,7,12,14,28H,6,8H2,1-2H3/t12-,14-,19-,20+/m1/s1. The number of benzene rings is 1. The highest BCUT2D eigenvalue weighted by Gasteiger charge is 2.75. The first-order chi connectivity index (χ1) is 14.9. The van der Waals surface area contributed by atoms with Crippen molar-refractivity contribution in [3.05, 3.63) is 61.4 Å². The molecule has 1 saturated heterocycles. The van der Waals surface area contributed by atoms with Crippen molar-refractivity contribution in [1.82, 2.24) is 18.8 Å². The van der Waals surface area contributed by atoms with Crippen LogP contribution >= 0.6 is 34.8 Å². The molecule has 2 fully saturated rings. The predicted octanol–water partition coefficient (Wildman–Crippen LogP) is 1.33. The smallest absolute Gasteiger partial charge is 0.347 e. The van der Waals surface area contributed by atoms with Crippen LogP contribution in [0.4, 0.5) is 0 Å². The molecular weight excluding hydrogens is 483 g/mol. The third kappa shape index (κ3) is 2.31. The molecular formula is C20H17Cl3N4O5. The van der Waals surface area contributed by atoms with Gasteiger partial charge < -0.3 is 5.11 Å². The van der Waals surface area contributed by atoms with E-state index >= 15 is 0 Å². The Kier molecular flexibility index (Phi) is 4.35. The van der Waals surface area contributed by atoms with E-state index in [0.717, 1.165) is 9.47 Å². The summed E-state index contributed by atoms with van der Waals surface area (Å²) in [5.74, 6) is -2.71. The Morgan fingerprint density at radius 3 is 2.44 bits per heavy atom. The van der Waals surface area contributed by atoms with Crippen molar-refractivity contribution in [3.63, 3.8) is 0 Å². The fourth-order valence-electron chi connectivity index (χ4n) is 5.22. The molecule has 1 saturated carbocycles. The maximum absolute atomic E-state index is 13.3. The number of imide groups is 1. The molecule has 9 nitrogen and oxygen atoms in total. The predicted molar refractivity (Wildman–Crippen MR) is 116 cm³/mol. The maximum atomic E-state index is 13.3. The van der Waals surface area contributed by atoms with E-state index in [2.05, 4.69) is 0 Å². The third-order valence-electron chi connectivity index (χ3n) is 6.77.